The third-order valence-electron chi connectivity index (χ3n) is 3.86. The zero-order valence-electron chi connectivity index (χ0n) is 14.1. The lowest BCUT2D eigenvalue weighted by Crippen LogP contribution is -2.54. The summed E-state index contributed by atoms with van der Waals surface area (Å²) in [4.78, 5) is 10.9. The molecule has 0 aliphatic heterocycles. The first kappa shape index (κ1) is 20.1. The van der Waals surface area contributed by atoms with Crippen molar-refractivity contribution in [2.45, 2.75) is 65.4 Å². The van der Waals surface area contributed by atoms with Crippen molar-refractivity contribution in [1.82, 2.24) is 0 Å². The molecule has 0 amide bonds. The number of aliphatic hydroxyl groups excluding tert-OH is 1. The number of rotatable bonds is 13. The van der Waals surface area contributed by atoms with Crippen LogP contribution in [0.25, 0.3) is 0 Å². The van der Waals surface area contributed by atoms with Gasteiger partial charge in [0.15, 0.2) is 0 Å². The van der Waals surface area contributed by atoms with E-state index in [1.807, 2.05) is 0 Å². The van der Waals surface area contributed by atoms with E-state index in [1.165, 1.54) is 0 Å². The van der Waals surface area contributed by atoms with Crippen LogP contribution in [0.3, 0.4) is 0 Å². The molecule has 0 aromatic carbocycles. The lowest BCUT2D eigenvalue weighted by molar-refractivity contribution is -0.930. The summed E-state index contributed by atoms with van der Waals surface area (Å²) >= 11 is 0. The standard InChI is InChI=1S/C17H33NO3/c1-4-7-8-9-10-16(19)15-18(12-5-2,13-6-3)14-11-17(20)21/h7-8,16,19H,4-6,9-15H2,1-3H3/p+1/b8-7+. The van der Waals surface area contributed by atoms with Crippen molar-refractivity contribution in [3.63, 3.8) is 0 Å². The van der Waals surface area contributed by atoms with Gasteiger partial charge in [0.2, 0.25) is 0 Å². The van der Waals surface area contributed by atoms with Crippen LogP contribution in [-0.4, -0.2) is 52.9 Å². The third kappa shape index (κ3) is 9.64. The highest BCUT2D eigenvalue weighted by atomic mass is 16.4. The molecule has 0 bridgehead atoms. The Kier molecular flexibility index (Phi) is 11.3. The molecule has 0 radical (unpaired) electrons. The first-order chi connectivity index (χ1) is 9.99. The van der Waals surface area contributed by atoms with Crippen LogP contribution in [0.2, 0.25) is 0 Å². The van der Waals surface area contributed by atoms with E-state index in [4.69, 9.17) is 5.11 Å². The maximum Gasteiger partial charge on any atom is 0.309 e. The highest BCUT2D eigenvalue weighted by Gasteiger charge is 2.29. The van der Waals surface area contributed by atoms with Crippen molar-refractivity contribution in [3.05, 3.63) is 12.2 Å². The summed E-state index contributed by atoms with van der Waals surface area (Å²) in [5.41, 5.74) is 0. The molecule has 124 valence electrons. The lowest BCUT2D eigenvalue weighted by atomic mass is 10.1. The van der Waals surface area contributed by atoms with Gasteiger partial charge in [-0.05, 0) is 32.1 Å². The molecular weight excluding hydrogens is 266 g/mol. The van der Waals surface area contributed by atoms with Gasteiger partial charge in [0.05, 0.1) is 26.1 Å². The van der Waals surface area contributed by atoms with E-state index < -0.39 is 5.97 Å². The van der Waals surface area contributed by atoms with Crippen molar-refractivity contribution in [2.24, 2.45) is 0 Å². The second-order valence-corrected chi connectivity index (χ2v) is 5.95. The molecule has 0 aliphatic rings. The summed E-state index contributed by atoms with van der Waals surface area (Å²) < 4.78 is 0.734. The minimum absolute atomic E-state index is 0.183. The number of allylic oxidation sites excluding steroid dienone is 2. The molecule has 0 saturated heterocycles. The van der Waals surface area contributed by atoms with Gasteiger partial charge in [-0.3, -0.25) is 4.79 Å². The van der Waals surface area contributed by atoms with Crippen molar-refractivity contribution in [3.8, 4) is 0 Å². The van der Waals surface area contributed by atoms with Gasteiger partial charge in [0, 0.05) is 0 Å². The van der Waals surface area contributed by atoms with Gasteiger partial charge in [0.1, 0.15) is 12.6 Å². The fourth-order valence-corrected chi connectivity index (χ4v) is 3.00. The number of hydrogen-bond donors (Lipinski definition) is 2. The van der Waals surface area contributed by atoms with Gasteiger partial charge >= 0.3 is 5.97 Å². The molecule has 0 rings (SSSR count). The maximum absolute atomic E-state index is 10.9. The molecule has 4 nitrogen and oxygen atoms in total. The topological polar surface area (TPSA) is 57.5 Å². The summed E-state index contributed by atoms with van der Waals surface area (Å²) in [6.45, 7) is 9.54. The summed E-state index contributed by atoms with van der Waals surface area (Å²) in [6.07, 6.45) is 8.79. The molecule has 21 heavy (non-hydrogen) atoms. The van der Waals surface area contributed by atoms with Gasteiger partial charge in [-0.2, -0.15) is 0 Å². The van der Waals surface area contributed by atoms with Crippen molar-refractivity contribution in [2.75, 3.05) is 26.2 Å². The average molecular weight is 300 g/mol. The zero-order chi connectivity index (χ0) is 16.1. The number of hydrogen-bond acceptors (Lipinski definition) is 2. The third-order valence-corrected chi connectivity index (χ3v) is 3.86. The Balaban J connectivity index is 4.60. The monoisotopic (exact) mass is 300 g/mol. The Morgan fingerprint density at radius 1 is 1.10 bits per heavy atom. The molecule has 0 aromatic rings. The Hall–Kier alpha value is -0.870. The predicted molar refractivity (Wildman–Crippen MR) is 87.2 cm³/mol. The van der Waals surface area contributed by atoms with E-state index >= 15 is 0 Å². The second-order valence-electron chi connectivity index (χ2n) is 5.95. The summed E-state index contributed by atoms with van der Waals surface area (Å²) in [5, 5.41) is 19.3. The van der Waals surface area contributed by atoms with Crippen molar-refractivity contribution >= 4 is 5.97 Å². The minimum atomic E-state index is -0.745. The fourth-order valence-electron chi connectivity index (χ4n) is 3.00. The Morgan fingerprint density at radius 3 is 2.19 bits per heavy atom. The molecule has 2 N–H and O–H groups in total. The molecule has 0 fully saturated rings. The number of aliphatic hydroxyl groups is 1. The SMILES string of the molecule is CC/C=C/CCC(O)C[N+](CCC)(CCC)CCC(=O)O. The molecule has 0 saturated carbocycles. The van der Waals surface area contributed by atoms with E-state index in [0.29, 0.717) is 13.1 Å². The Bertz CT molecular complexity index is 296. The molecule has 0 spiro atoms. The van der Waals surface area contributed by atoms with E-state index in [-0.39, 0.29) is 12.5 Å². The van der Waals surface area contributed by atoms with Crippen molar-refractivity contribution in [1.29, 1.82) is 0 Å². The van der Waals surface area contributed by atoms with Crippen LogP contribution in [0.15, 0.2) is 12.2 Å². The highest BCUT2D eigenvalue weighted by Crippen LogP contribution is 2.15. The average Bonchev–Trinajstić information content (AvgIpc) is 2.42. The number of nitrogens with zero attached hydrogens (tertiary/aromatic N) is 1. The largest absolute Gasteiger partial charge is 0.481 e. The Labute approximate surface area is 130 Å². The van der Waals surface area contributed by atoms with Crippen LogP contribution in [0.5, 0.6) is 0 Å². The quantitative estimate of drug-likeness (QED) is 0.405. The van der Waals surface area contributed by atoms with E-state index in [0.717, 1.165) is 49.7 Å². The second kappa shape index (κ2) is 11.8. The number of quaternary nitrogens is 1. The van der Waals surface area contributed by atoms with E-state index in [9.17, 15) is 9.90 Å². The van der Waals surface area contributed by atoms with Gasteiger partial charge in [0.25, 0.3) is 0 Å². The van der Waals surface area contributed by atoms with Gasteiger partial charge < -0.3 is 14.7 Å². The predicted octanol–water partition coefficient (Wildman–Crippen LogP) is 3.21. The first-order valence-corrected chi connectivity index (χ1v) is 8.39. The number of carbonyl (C=O) groups is 1. The molecule has 1 atom stereocenters. The number of aliphatic carboxylic acids is 1. The Morgan fingerprint density at radius 2 is 1.71 bits per heavy atom. The highest BCUT2D eigenvalue weighted by molar-refractivity contribution is 5.66. The van der Waals surface area contributed by atoms with E-state index in [1.54, 1.807) is 0 Å². The number of carboxylic acids is 1. The maximum atomic E-state index is 10.9. The van der Waals surface area contributed by atoms with Crippen LogP contribution < -0.4 is 0 Å². The fraction of sp³-hybridized carbons (Fsp3) is 0.824. The number of carboxylic acid groups (broad SMARTS) is 1. The normalized spacial score (nSPS) is 13.7. The van der Waals surface area contributed by atoms with Gasteiger partial charge in [-0.1, -0.05) is 32.9 Å². The van der Waals surface area contributed by atoms with Crippen molar-refractivity contribution < 1.29 is 19.5 Å². The van der Waals surface area contributed by atoms with Crippen LogP contribution in [0, 0.1) is 0 Å². The lowest BCUT2D eigenvalue weighted by Gasteiger charge is -2.39. The molecule has 0 heterocycles. The molecular formula is C17H34NO3+. The molecule has 0 aromatic heterocycles. The first-order valence-electron chi connectivity index (χ1n) is 8.39. The van der Waals surface area contributed by atoms with Crippen LogP contribution >= 0.6 is 0 Å². The van der Waals surface area contributed by atoms with Gasteiger partial charge in [-0.25, -0.2) is 0 Å². The smallest absolute Gasteiger partial charge is 0.309 e. The van der Waals surface area contributed by atoms with E-state index in [2.05, 4.69) is 32.9 Å². The molecule has 1 unspecified atom stereocenters. The molecule has 4 heteroatoms. The zero-order valence-corrected chi connectivity index (χ0v) is 14.1. The van der Waals surface area contributed by atoms with Crippen LogP contribution in [-0.2, 0) is 4.79 Å². The van der Waals surface area contributed by atoms with Crippen LogP contribution in [0.4, 0.5) is 0 Å². The van der Waals surface area contributed by atoms with Crippen LogP contribution in [0.1, 0.15) is 59.3 Å². The summed E-state index contributed by atoms with van der Waals surface area (Å²) in [6, 6.07) is 0. The summed E-state index contributed by atoms with van der Waals surface area (Å²) in [5.74, 6) is -0.745. The summed E-state index contributed by atoms with van der Waals surface area (Å²) in [7, 11) is 0. The minimum Gasteiger partial charge on any atom is -0.481 e. The molecule has 0 aliphatic carbocycles. The van der Waals surface area contributed by atoms with Gasteiger partial charge in [-0.15, -0.1) is 0 Å².